The second kappa shape index (κ2) is 5.41. The fourth-order valence-electron chi connectivity index (χ4n) is 1.68. The number of hydrogen-bond acceptors (Lipinski definition) is 3. The predicted molar refractivity (Wildman–Crippen MR) is 73.7 cm³/mol. The van der Waals surface area contributed by atoms with E-state index in [0.29, 0.717) is 0 Å². The van der Waals surface area contributed by atoms with Gasteiger partial charge in [0.2, 0.25) is 0 Å². The molecule has 0 aromatic heterocycles. The van der Waals surface area contributed by atoms with Gasteiger partial charge >= 0.3 is 0 Å². The molecule has 3 nitrogen and oxygen atoms in total. The molecule has 0 radical (unpaired) electrons. The molecule has 0 bridgehead atoms. The van der Waals surface area contributed by atoms with Gasteiger partial charge in [-0.05, 0) is 36.6 Å². The number of nitrogens with zero attached hydrogens (tertiary/aromatic N) is 1. The third-order valence-corrected chi connectivity index (χ3v) is 3.39. The lowest BCUT2D eigenvalue weighted by Gasteiger charge is -2.34. The zero-order valence-corrected chi connectivity index (χ0v) is 11.5. The molecule has 0 fully saturated rings. The fraction of sp³-hybridized carbons (Fsp3) is 0.571. The topological polar surface area (TPSA) is 38.5 Å². The molecule has 1 atom stereocenters. The van der Waals surface area contributed by atoms with Crippen LogP contribution in [0.4, 0.5) is 5.69 Å². The largest absolute Gasteiger partial charge is 0.497 e. The molecule has 96 valence electrons. The van der Waals surface area contributed by atoms with Gasteiger partial charge in [-0.1, -0.05) is 13.8 Å². The van der Waals surface area contributed by atoms with Crippen molar-refractivity contribution in [3.05, 3.63) is 24.3 Å². The molecular weight excluding hydrogens is 212 g/mol. The highest BCUT2D eigenvalue weighted by atomic mass is 16.5. The van der Waals surface area contributed by atoms with E-state index in [9.17, 15) is 0 Å². The molecule has 3 heteroatoms. The molecule has 0 aliphatic carbocycles. The molecule has 1 aromatic rings. The molecule has 1 aromatic carbocycles. The van der Waals surface area contributed by atoms with Crippen molar-refractivity contribution in [1.29, 1.82) is 0 Å². The Morgan fingerprint density at radius 1 is 1.29 bits per heavy atom. The maximum absolute atomic E-state index is 6.00. The second-order valence-corrected chi connectivity index (χ2v) is 5.33. The maximum Gasteiger partial charge on any atom is 0.119 e. The Morgan fingerprint density at radius 3 is 2.24 bits per heavy atom. The fourth-order valence-corrected chi connectivity index (χ4v) is 1.68. The summed E-state index contributed by atoms with van der Waals surface area (Å²) >= 11 is 0. The van der Waals surface area contributed by atoms with E-state index in [0.717, 1.165) is 12.3 Å². The van der Waals surface area contributed by atoms with Crippen LogP contribution in [0.5, 0.6) is 5.75 Å². The molecule has 1 unspecified atom stereocenters. The van der Waals surface area contributed by atoms with Crippen LogP contribution < -0.4 is 15.4 Å². The highest BCUT2D eigenvalue weighted by molar-refractivity contribution is 5.48. The zero-order chi connectivity index (χ0) is 13.1. The molecule has 1 rings (SSSR count). The summed E-state index contributed by atoms with van der Waals surface area (Å²) in [6.45, 7) is 7.37. The van der Waals surface area contributed by atoms with Crippen LogP contribution >= 0.6 is 0 Å². The van der Waals surface area contributed by atoms with Crippen molar-refractivity contribution in [2.75, 3.05) is 25.6 Å². The van der Waals surface area contributed by atoms with E-state index in [-0.39, 0.29) is 11.5 Å². The van der Waals surface area contributed by atoms with Gasteiger partial charge in [0, 0.05) is 25.3 Å². The third-order valence-electron chi connectivity index (χ3n) is 3.39. The first-order chi connectivity index (χ1) is 7.86. The molecule has 0 aliphatic rings. The molecule has 2 N–H and O–H groups in total. The zero-order valence-electron chi connectivity index (χ0n) is 11.5. The van der Waals surface area contributed by atoms with Crippen LogP contribution in [-0.4, -0.2) is 26.7 Å². The van der Waals surface area contributed by atoms with E-state index in [1.165, 1.54) is 5.69 Å². The van der Waals surface area contributed by atoms with Gasteiger partial charge in [-0.2, -0.15) is 0 Å². The Hall–Kier alpha value is -1.22. The minimum absolute atomic E-state index is 0.0919. The average Bonchev–Trinajstić information content (AvgIpc) is 2.28. The number of methoxy groups -OCH3 is 1. The molecule has 0 spiro atoms. The maximum atomic E-state index is 6.00. The van der Waals surface area contributed by atoms with Gasteiger partial charge in [-0.25, -0.2) is 0 Å². The van der Waals surface area contributed by atoms with Crippen LogP contribution in [0.1, 0.15) is 20.8 Å². The van der Waals surface area contributed by atoms with E-state index >= 15 is 0 Å². The summed E-state index contributed by atoms with van der Waals surface area (Å²) in [5.41, 5.74) is 7.27. The van der Waals surface area contributed by atoms with Crippen molar-refractivity contribution in [2.24, 2.45) is 11.1 Å². The van der Waals surface area contributed by atoms with Gasteiger partial charge in [-0.3, -0.25) is 0 Å². The average molecular weight is 236 g/mol. The van der Waals surface area contributed by atoms with Crippen LogP contribution in [0.25, 0.3) is 0 Å². The minimum atomic E-state index is 0.0919. The second-order valence-electron chi connectivity index (χ2n) is 5.33. The molecule has 0 saturated carbocycles. The molecule has 17 heavy (non-hydrogen) atoms. The van der Waals surface area contributed by atoms with E-state index in [4.69, 9.17) is 10.5 Å². The van der Waals surface area contributed by atoms with Crippen LogP contribution in [0.3, 0.4) is 0 Å². The first-order valence-electron chi connectivity index (χ1n) is 5.97. The standard InChI is InChI=1S/C14H24N2O/c1-11(15)14(2,3)10-16(4)12-6-8-13(17-5)9-7-12/h6-9,11H,10,15H2,1-5H3. The van der Waals surface area contributed by atoms with Gasteiger partial charge < -0.3 is 15.4 Å². The number of ether oxygens (including phenoxy) is 1. The summed E-state index contributed by atoms with van der Waals surface area (Å²) in [5, 5.41) is 0. The normalized spacial score (nSPS) is 13.3. The van der Waals surface area contributed by atoms with Crippen LogP contribution in [-0.2, 0) is 0 Å². The van der Waals surface area contributed by atoms with E-state index < -0.39 is 0 Å². The lowest BCUT2D eigenvalue weighted by Crippen LogP contribution is -2.43. The summed E-state index contributed by atoms with van der Waals surface area (Å²) in [4.78, 5) is 2.22. The SMILES string of the molecule is COc1ccc(N(C)CC(C)(C)C(C)N)cc1. The molecule has 0 saturated heterocycles. The number of rotatable bonds is 5. The quantitative estimate of drug-likeness (QED) is 0.853. The Bertz CT molecular complexity index is 344. The minimum Gasteiger partial charge on any atom is -0.497 e. The Kier molecular flexibility index (Phi) is 4.40. The van der Waals surface area contributed by atoms with Gasteiger partial charge in [0.1, 0.15) is 5.75 Å². The van der Waals surface area contributed by atoms with E-state index in [2.05, 4.69) is 44.9 Å². The Morgan fingerprint density at radius 2 is 1.82 bits per heavy atom. The van der Waals surface area contributed by atoms with Gasteiger partial charge in [0.05, 0.1) is 7.11 Å². The van der Waals surface area contributed by atoms with Gasteiger partial charge in [0.15, 0.2) is 0 Å². The first-order valence-corrected chi connectivity index (χ1v) is 5.97. The number of nitrogens with two attached hydrogens (primary N) is 1. The molecule has 0 heterocycles. The lowest BCUT2D eigenvalue weighted by molar-refractivity contribution is 0.308. The van der Waals surface area contributed by atoms with Gasteiger partial charge in [-0.15, -0.1) is 0 Å². The van der Waals surface area contributed by atoms with Gasteiger partial charge in [0.25, 0.3) is 0 Å². The predicted octanol–water partition coefficient (Wildman–Crippen LogP) is 2.50. The number of benzene rings is 1. The van der Waals surface area contributed by atoms with Crippen LogP contribution in [0.2, 0.25) is 0 Å². The summed E-state index contributed by atoms with van der Waals surface area (Å²) in [6.07, 6.45) is 0. The number of anilines is 1. The van der Waals surface area contributed by atoms with E-state index in [1.54, 1.807) is 7.11 Å². The van der Waals surface area contributed by atoms with E-state index in [1.807, 2.05) is 12.1 Å². The van der Waals surface area contributed by atoms with Crippen molar-refractivity contribution in [1.82, 2.24) is 0 Å². The molecule has 0 amide bonds. The molecule has 0 aliphatic heterocycles. The van der Waals surface area contributed by atoms with Crippen molar-refractivity contribution in [3.8, 4) is 5.75 Å². The third kappa shape index (κ3) is 3.63. The number of hydrogen-bond donors (Lipinski definition) is 1. The summed E-state index contributed by atoms with van der Waals surface area (Å²) in [7, 11) is 3.77. The first kappa shape index (κ1) is 13.8. The van der Waals surface area contributed by atoms with Crippen molar-refractivity contribution >= 4 is 5.69 Å². The summed E-state index contributed by atoms with van der Waals surface area (Å²) < 4.78 is 5.15. The summed E-state index contributed by atoms with van der Waals surface area (Å²) in [6, 6.07) is 8.25. The van der Waals surface area contributed by atoms with Crippen LogP contribution in [0, 0.1) is 5.41 Å². The van der Waals surface area contributed by atoms with Crippen molar-refractivity contribution in [3.63, 3.8) is 0 Å². The van der Waals surface area contributed by atoms with Crippen molar-refractivity contribution < 1.29 is 4.74 Å². The highest BCUT2D eigenvalue weighted by Gasteiger charge is 2.24. The molecular formula is C14H24N2O. The smallest absolute Gasteiger partial charge is 0.119 e. The lowest BCUT2D eigenvalue weighted by atomic mass is 9.85. The Labute approximate surface area is 105 Å². The van der Waals surface area contributed by atoms with Crippen LogP contribution in [0.15, 0.2) is 24.3 Å². The highest BCUT2D eigenvalue weighted by Crippen LogP contribution is 2.24. The van der Waals surface area contributed by atoms with Crippen molar-refractivity contribution in [2.45, 2.75) is 26.8 Å². The monoisotopic (exact) mass is 236 g/mol. The summed E-state index contributed by atoms with van der Waals surface area (Å²) in [5.74, 6) is 0.883. The Balaban J connectivity index is 2.72.